The minimum absolute atomic E-state index is 0.133. The van der Waals surface area contributed by atoms with E-state index in [0.29, 0.717) is 11.3 Å². The summed E-state index contributed by atoms with van der Waals surface area (Å²) in [6.45, 7) is 0. The summed E-state index contributed by atoms with van der Waals surface area (Å²) in [7, 11) is 0. The molecule has 0 aliphatic heterocycles. The Labute approximate surface area is 93.1 Å². The Morgan fingerprint density at radius 3 is 2.50 bits per heavy atom. The molecule has 1 atom stereocenters. The minimum Gasteiger partial charge on any atom is -0.478 e. The number of aliphatic carboxylic acids is 1. The lowest BCUT2D eigenvalue weighted by Gasteiger charge is -2.13. The Kier molecular flexibility index (Phi) is 2.78. The second-order valence-electron chi connectivity index (χ2n) is 3.85. The van der Waals surface area contributed by atoms with Crippen LogP contribution in [0.4, 0.5) is 0 Å². The van der Waals surface area contributed by atoms with Gasteiger partial charge in [-0.3, -0.25) is 0 Å². The van der Waals surface area contributed by atoms with Crippen LogP contribution in [0.15, 0.2) is 24.3 Å². The first-order valence-electron chi connectivity index (χ1n) is 5.10. The van der Waals surface area contributed by atoms with Gasteiger partial charge in [0.05, 0.1) is 11.6 Å². The molecule has 0 spiro atoms. The fraction of sp³-hybridized carbons (Fsp3) is 0.333. The normalized spacial score (nSPS) is 16.2. The van der Waals surface area contributed by atoms with Crippen LogP contribution in [0, 0.1) is 17.2 Å². The fourth-order valence-electron chi connectivity index (χ4n) is 1.50. The predicted octanol–water partition coefficient (Wildman–Crippen LogP) is 1.80. The lowest BCUT2D eigenvalue weighted by atomic mass is 10.2. The second kappa shape index (κ2) is 4.23. The van der Waals surface area contributed by atoms with Crippen LogP contribution in [-0.4, -0.2) is 17.2 Å². The molecule has 0 bridgehead atoms. The minimum atomic E-state index is -0.924. The molecule has 16 heavy (non-hydrogen) atoms. The van der Waals surface area contributed by atoms with Crippen molar-refractivity contribution in [2.75, 3.05) is 0 Å². The lowest BCUT2D eigenvalue weighted by molar-refractivity contribution is -0.146. The molecule has 4 heteroatoms. The van der Waals surface area contributed by atoms with E-state index in [4.69, 9.17) is 15.1 Å². The van der Waals surface area contributed by atoms with E-state index in [1.807, 2.05) is 6.07 Å². The summed E-state index contributed by atoms with van der Waals surface area (Å²) in [4.78, 5) is 10.9. The quantitative estimate of drug-likeness (QED) is 0.834. The molecule has 0 aromatic heterocycles. The molecule has 1 aliphatic rings. The summed E-state index contributed by atoms with van der Waals surface area (Å²) in [5.41, 5.74) is 0.533. The van der Waals surface area contributed by atoms with Crippen LogP contribution < -0.4 is 4.74 Å². The average Bonchev–Trinajstić information content (AvgIpc) is 3.10. The van der Waals surface area contributed by atoms with Crippen molar-refractivity contribution in [3.8, 4) is 11.8 Å². The molecule has 0 saturated heterocycles. The van der Waals surface area contributed by atoms with E-state index in [1.165, 1.54) is 0 Å². The summed E-state index contributed by atoms with van der Waals surface area (Å²) < 4.78 is 5.39. The van der Waals surface area contributed by atoms with Crippen molar-refractivity contribution in [1.29, 1.82) is 5.26 Å². The molecular formula is C12H11NO3. The van der Waals surface area contributed by atoms with E-state index in [-0.39, 0.29) is 5.92 Å². The van der Waals surface area contributed by atoms with E-state index in [0.717, 1.165) is 12.8 Å². The first-order valence-corrected chi connectivity index (χ1v) is 5.10. The maximum atomic E-state index is 10.9. The van der Waals surface area contributed by atoms with Crippen molar-refractivity contribution in [3.05, 3.63) is 29.8 Å². The van der Waals surface area contributed by atoms with Crippen molar-refractivity contribution in [1.82, 2.24) is 0 Å². The SMILES string of the molecule is N#Cc1ccc(OC(C(=O)O)C2CC2)cc1. The summed E-state index contributed by atoms with van der Waals surface area (Å²) in [6, 6.07) is 8.46. The smallest absolute Gasteiger partial charge is 0.345 e. The molecule has 1 unspecified atom stereocenters. The van der Waals surface area contributed by atoms with Crippen LogP contribution in [-0.2, 0) is 4.79 Å². The maximum Gasteiger partial charge on any atom is 0.345 e. The van der Waals surface area contributed by atoms with E-state index < -0.39 is 12.1 Å². The highest BCUT2D eigenvalue weighted by Gasteiger charge is 2.38. The van der Waals surface area contributed by atoms with Crippen molar-refractivity contribution >= 4 is 5.97 Å². The number of nitrogens with zero attached hydrogens (tertiary/aromatic N) is 1. The number of ether oxygens (including phenoxy) is 1. The Balaban J connectivity index is 2.07. The fourth-order valence-corrected chi connectivity index (χ4v) is 1.50. The van der Waals surface area contributed by atoms with Crippen molar-refractivity contribution in [2.24, 2.45) is 5.92 Å². The van der Waals surface area contributed by atoms with E-state index in [1.54, 1.807) is 24.3 Å². The van der Waals surface area contributed by atoms with Gasteiger partial charge in [0.2, 0.25) is 0 Å². The van der Waals surface area contributed by atoms with Gasteiger partial charge in [-0.1, -0.05) is 0 Å². The van der Waals surface area contributed by atoms with Crippen LogP contribution in [0.25, 0.3) is 0 Å². The van der Waals surface area contributed by atoms with Gasteiger partial charge >= 0.3 is 5.97 Å². The predicted molar refractivity (Wildman–Crippen MR) is 55.9 cm³/mol. The topological polar surface area (TPSA) is 70.3 Å². The van der Waals surface area contributed by atoms with Gasteiger partial charge < -0.3 is 9.84 Å². The van der Waals surface area contributed by atoms with Crippen LogP contribution in [0.2, 0.25) is 0 Å². The van der Waals surface area contributed by atoms with Crippen molar-refractivity contribution in [2.45, 2.75) is 18.9 Å². The van der Waals surface area contributed by atoms with Crippen LogP contribution in [0.1, 0.15) is 18.4 Å². The molecule has 4 nitrogen and oxygen atoms in total. The van der Waals surface area contributed by atoms with E-state index in [2.05, 4.69) is 0 Å². The number of carboxylic acids is 1. The van der Waals surface area contributed by atoms with Gasteiger partial charge in [0, 0.05) is 5.92 Å². The van der Waals surface area contributed by atoms with Crippen molar-refractivity contribution < 1.29 is 14.6 Å². The van der Waals surface area contributed by atoms with Gasteiger partial charge in [-0.2, -0.15) is 5.26 Å². The van der Waals surface area contributed by atoms with Gasteiger partial charge in [-0.25, -0.2) is 4.79 Å². The van der Waals surface area contributed by atoms with Gasteiger partial charge in [-0.05, 0) is 37.1 Å². The zero-order valence-corrected chi connectivity index (χ0v) is 8.59. The number of hydrogen-bond donors (Lipinski definition) is 1. The van der Waals surface area contributed by atoms with Gasteiger partial charge in [-0.15, -0.1) is 0 Å². The summed E-state index contributed by atoms with van der Waals surface area (Å²) in [5, 5.41) is 17.6. The third kappa shape index (κ3) is 2.31. The molecule has 1 fully saturated rings. The third-order valence-corrected chi connectivity index (χ3v) is 2.54. The number of hydrogen-bond acceptors (Lipinski definition) is 3. The Morgan fingerprint density at radius 2 is 2.06 bits per heavy atom. The number of benzene rings is 1. The average molecular weight is 217 g/mol. The molecule has 0 radical (unpaired) electrons. The Morgan fingerprint density at radius 1 is 1.44 bits per heavy atom. The summed E-state index contributed by atoms with van der Waals surface area (Å²) in [6.07, 6.45) is 1.06. The Hall–Kier alpha value is -2.02. The van der Waals surface area contributed by atoms with Crippen LogP contribution in [0.3, 0.4) is 0 Å². The number of nitriles is 1. The molecule has 1 aromatic rings. The van der Waals surface area contributed by atoms with E-state index in [9.17, 15) is 4.79 Å². The van der Waals surface area contributed by atoms with Crippen LogP contribution in [0.5, 0.6) is 5.75 Å². The highest BCUT2D eigenvalue weighted by Crippen LogP contribution is 2.35. The van der Waals surface area contributed by atoms with Gasteiger partial charge in [0.1, 0.15) is 5.75 Å². The third-order valence-electron chi connectivity index (χ3n) is 2.54. The molecular weight excluding hydrogens is 206 g/mol. The molecule has 0 amide bonds. The standard InChI is InChI=1S/C12H11NO3/c13-7-8-1-5-10(6-2-8)16-11(12(14)15)9-3-4-9/h1-2,5-6,9,11H,3-4H2,(H,14,15). The number of carbonyl (C=O) groups is 1. The monoisotopic (exact) mass is 217 g/mol. The summed E-state index contributed by atoms with van der Waals surface area (Å²) in [5.74, 6) is -0.293. The number of carboxylic acid groups (broad SMARTS) is 1. The first kappa shape index (κ1) is 10.5. The molecule has 1 aromatic carbocycles. The number of rotatable bonds is 4. The summed E-state index contributed by atoms with van der Waals surface area (Å²) >= 11 is 0. The Bertz CT molecular complexity index is 429. The van der Waals surface area contributed by atoms with E-state index >= 15 is 0 Å². The lowest BCUT2D eigenvalue weighted by Crippen LogP contribution is -2.29. The highest BCUT2D eigenvalue weighted by molar-refractivity contribution is 5.73. The molecule has 1 aliphatic carbocycles. The maximum absolute atomic E-state index is 10.9. The van der Waals surface area contributed by atoms with Gasteiger partial charge in [0.25, 0.3) is 0 Å². The second-order valence-corrected chi connectivity index (χ2v) is 3.85. The van der Waals surface area contributed by atoms with Crippen molar-refractivity contribution in [3.63, 3.8) is 0 Å². The molecule has 1 N–H and O–H groups in total. The first-order chi connectivity index (χ1) is 7.70. The molecule has 1 saturated carbocycles. The van der Waals surface area contributed by atoms with Crippen LogP contribution >= 0.6 is 0 Å². The highest BCUT2D eigenvalue weighted by atomic mass is 16.5. The molecule has 0 heterocycles. The largest absolute Gasteiger partial charge is 0.478 e. The zero-order valence-electron chi connectivity index (χ0n) is 8.59. The zero-order chi connectivity index (χ0) is 11.5. The molecule has 82 valence electrons. The van der Waals surface area contributed by atoms with Gasteiger partial charge in [0.15, 0.2) is 6.10 Å². The molecule has 2 rings (SSSR count).